The second-order valence-electron chi connectivity index (χ2n) is 7.49. The Kier molecular flexibility index (Phi) is 6.56. The Balaban J connectivity index is 1.43. The number of amides is 1. The smallest absolute Gasteiger partial charge is 0.244 e. The summed E-state index contributed by atoms with van der Waals surface area (Å²) in [5.74, 6) is 0.384. The molecule has 0 saturated carbocycles. The van der Waals surface area contributed by atoms with Crippen LogP contribution in [0.2, 0.25) is 0 Å². The third-order valence-electron chi connectivity index (χ3n) is 5.24. The van der Waals surface area contributed by atoms with Gasteiger partial charge >= 0.3 is 0 Å². The normalized spacial score (nSPS) is 17.7. The molecule has 1 saturated heterocycles. The van der Waals surface area contributed by atoms with Gasteiger partial charge in [0.25, 0.3) is 0 Å². The Morgan fingerprint density at radius 3 is 2.94 bits per heavy atom. The second kappa shape index (κ2) is 9.19. The summed E-state index contributed by atoms with van der Waals surface area (Å²) in [5.41, 5.74) is 0. The van der Waals surface area contributed by atoms with Gasteiger partial charge in [0.2, 0.25) is 27.6 Å². The van der Waals surface area contributed by atoms with Gasteiger partial charge in [-0.1, -0.05) is 11.2 Å². The van der Waals surface area contributed by atoms with Crippen molar-refractivity contribution >= 4 is 38.6 Å². The first-order valence-corrected chi connectivity index (χ1v) is 13.2. The molecule has 166 valence electrons. The molecule has 1 fully saturated rings. The van der Waals surface area contributed by atoms with Crippen LogP contribution in [0.3, 0.4) is 0 Å². The Morgan fingerprint density at radius 1 is 1.39 bits per heavy atom. The van der Waals surface area contributed by atoms with E-state index in [4.69, 9.17) is 4.52 Å². The van der Waals surface area contributed by atoms with Crippen molar-refractivity contribution in [2.75, 3.05) is 19.6 Å². The number of aromatic nitrogens is 2. The van der Waals surface area contributed by atoms with Crippen molar-refractivity contribution in [2.45, 2.75) is 38.0 Å². The predicted octanol–water partition coefficient (Wildman–Crippen LogP) is 3.24. The molecule has 3 aromatic rings. The van der Waals surface area contributed by atoms with Gasteiger partial charge in [-0.2, -0.15) is 9.29 Å². The molecule has 3 aromatic heterocycles. The monoisotopic (exact) mass is 480 g/mol. The Bertz CT molecular complexity index is 1150. The highest BCUT2D eigenvalue weighted by Gasteiger charge is 2.35. The van der Waals surface area contributed by atoms with Crippen molar-refractivity contribution in [1.82, 2.24) is 19.8 Å². The van der Waals surface area contributed by atoms with Crippen molar-refractivity contribution in [3.05, 3.63) is 39.2 Å². The van der Waals surface area contributed by atoms with E-state index in [1.807, 2.05) is 17.5 Å². The number of carbonyl (C=O) groups excluding carboxylic acids is 1. The SMILES string of the molecule is Cc1nc(-c2cc(S(=O)(=O)N3CCC[C@H](C(=O)NCCc4cccs4)C3)c(C)s2)no1. The van der Waals surface area contributed by atoms with Crippen molar-refractivity contribution in [1.29, 1.82) is 0 Å². The van der Waals surface area contributed by atoms with Gasteiger partial charge < -0.3 is 9.84 Å². The molecule has 1 aliphatic rings. The number of piperidine rings is 1. The molecule has 0 radical (unpaired) electrons. The zero-order chi connectivity index (χ0) is 22.0. The maximum absolute atomic E-state index is 13.3. The highest BCUT2D eigenvalue weighted by atomic mass is 32.2. The molecular formula is C20H24N4O4S3. The zero-order valence-electron chi connectivity index (χ0n) is 17.3. The Labute approximate surface area is 189 Å². The highest BCUT2D eigenvalue weighted by molar-refractivity contribution is 7.89. The fourth-order valence-electron chi connectivity index (χ4n) is 3.65. The van der Waals surface area contributed by atoms with Crippen LogP contribution in [0.15, 0.2) is 33.0 Å². The van der Waals surface area contributed by atoms with Crippen molar-refractivity contribution in [3.63, 3.8) is 0 Å². The van der Waals surface area contributed by atoms with E-state index in [9.17, 15) is 13.2 Å². The topological polar surface area (TPSA) is 105 Å². The van der Waals surface area contributed by atoms with Crippen LogP contribution < -0.4 is 5.32 Å². The molecule has 0 bridgehead atoms. The first kappa shape index (κ1) is 22.1. The van der Waals surface area contributed by atoms with Crippen molar-refractivity contribution < 1.29 is 17.7 Å². The maximum atomic E-state index is 13.3. The second-order valence-corrected chi connectivity index (χ2v) is 11.7. The lowest BCUT2D eigenvalue weighted by Gasteiger charge is -2.31. The van der Waals surface area contributed by atoms with Gasteiger partial charge in [0, 0.05) is 36.3 Å². The van der Waals surface area contributed by atoms with E-state index in [0.29, 0.717) is 47.4 Å². The lowest BCUT2D eigenvalue weighted by molar-refractivity contribution is -0.126. The molecule has 0 unspecified atom stereocenters. The first-order valence-electron chi connectivity index (χ1n) is 10.1. The number of nitrogens with zero attached hydrogens (tertiary/aromatic N) is 3. The minimum Gasteiger partial charge on any atom is -0.355 e. The van der Waals surface area contributed by atoms with E-state index in [1.165, 1.54) is 20.5 Å². The highest BCUT2D eigenvalue weighted by Crippen LogP contribution is 2.34. The van der Waals surface area contributed by atoms with Crippen molar-refractivity contribution in [2.24, 2.45) is 5.92 Å². The number of hydrogen-bond donors (Lipinski definition) is 1. The van der Waals surface area contributed by atoms with Gasteiger partial charge in [-0.25, -0.2) is 8.42 Å². The summed E-state index contributed by atoms with van der Waals surface area (Å²) in [7, 11) is -3.72. The summed E-state index contributed by atoms with van der Waals surface area (Å²) in [4.78, 5) is 19.6. The maximum Gasteiger partial charge on any atom is 0.244 e. The zero-order valence-corrected chi connectivity index (χ0v) is 19.8. The molecule has 11 heteroatoms. The summed E-state index contributed by atoms with van der Waals surface area (Å²) in [6, 6.07) is 5.63. The van der Waals surface area contributed by atoms with Crippen LogP contribution in [0.4, 0.5) is 0 Å². The molecular weight excluding hydrogens is 456 g/mol. The minimum atomic E-state index is -3.72. The number of nitrogens with one attached hydrogen (secondary N) is 1. The summed E-state index contributed by atoms with van der Waals surface area (Å²) in [6.07, 6.45) is 2.12. The number of carbonyl (C=O) groups is 1. The molecule has 1 N–H and O–H groups in total. The van der Waals surface area contributed by atoms with Crippen LogP contribution in [0.25, 0.3) is 10.7 Å². The molecule has 1 amide bonds. The molecule has 1 aliphatic heterocycles. The number of thiophene rings is 2. The van der Waals surface area contributed by atoms with Gasteiger partial charge in [0.1, 0.15) is 0 Å². The third kappa shape index (κ3) is 4.89. The fourth-order valence-corrected chi connectivity index (χ4v) is 7.37. The molecule has 0 aromatic carbocycles. The summed E-state index contributed by atoms with van der Waals surface area (Å²) in [6.45, 7) is 4.62. The standard InChI is InChI=1S/C20H24N4O4S3/c1-13-18(11-17(30-13)19-22-14(2)28-23-19)31(26,27)24-9-3-5-15(12-24)20(25)21-8-7-16-6-4-10-29-16/h4,6,10-11,15H,3,5,7-9,12H2,1-2H3,(H,21,25)/t15-/m0/s1. The average molecular weight is 481 g/mol. The largest absolute Gasteiger partial charge is 0.355 e. The van der Waals surface area contributed by atoms with Gasteiger partial charge in [0.05, 0.1) is 15.7 Å². The van der Waals surface area contributed by atoms with Crippen LogP contribution in [-0.4, -0.2) is 48.4 Å². The first-order chi connectivity index (χ1) is 14.8. The summed E-state index contributed by atoms with van der Waals surface area (Å²) < 4.78 is 33.1. The van der Waals surface area contributed by atoms with Gasteiger partial charge in [-0.15, -0.1) is 22.7 Å². The molecule has 4 heterocycles. The molecule has 0 aliphatic carbocycles. The van der Waals surface area contributed by atoms with Gasteiger partial charge in [-0.05, 0) is 43.7 Å². The van der Waals surface area contributed by atoms with E-state index in [1.54, 1.807) is 31.3 Å². The molecule has 1 atom stereocenters. The van der Waals surface area contributed by atoms with Gasteiger partial charge in [0.15, 0.2) is 0 Å². The van der Waals surface area contributed by atoms with Crippen LogP contribution in [0.1, 0.15) is 28.5 Å². The van der Waals surface area contributed by atoms with Gasteiger partial charge in [-0.3, -0.25) is 4.79 Å². The van der Waals surface area contributed by atoms with Crippen LogP contribution in [-0.2, 0) is 21.2 Å². The molecule has 4 rings (SSSR count). The lowest BCUT2D eigenvalue weighted by Crippen LogP contribution is -2.45. The Morgan fingerprint density at radius 2 is 2.23 bits per heavy atom. The number of aryl methyl sites for hydroxylation is 2. The minimum absolute atomic E-state index is 0.0820. The van der Waals surface area contributed by atoms with E-state index in [2.05, 4.69) is 15.5 Å². The summed E-state index contributed by atoms with van der Waals surface area (Å²) >= 11 is 2.98. The van der Waals surface area contributed by atoms with Crippen LogP contribution in [0, 0.1) is 19.8 Å². The summed E-state index contributed by atoms with van der Waals surface area (Å²) in [5, 5.41) is 8.86. The predicted molar refractivity (Wildman–Crippen MR) is 120 cm³/mol. The third-order valence-corrected chi connectivity index (χ3v) is 9.35. The molecule has 31 heavy (non-hydrogen) atoms. The molecule has 0 spiro atoms. The number of rotatable bonds is 7. The van der Waals surface area contributed by atoms with E-state index >= 15 is 0 Å². The number of hydrogen-bond acceptors (Lipinski definition) is 8. The van der Waals surface area contributed by atoms with E-state index in [0.717, 1.165) is 6.42 Å². The van der Waals surface area contributed by atoms with Crippen LogP contribution in [0.5, 0.6) is 0 Å². The van der Waals surface area contributed by atoms with Crippen LogP contribution >= 0.6 is 22.7 Å². The van der Waals surface area contributed by atoms with Crippen molar-refractivity contribution in [3.8, 4) is 10.7 Å². The van der Waals surface area contributed by atoms with E-state index < -0.39 is 10.0 Å². The Hall–Kier alpha value is -2.08. The lowest BCUT2D eigenvalue weighted by atomic mass is 9.99. The van der Waals surface area contributed by atoms with E-state index in [-0.39, 0.29) is 23.3 Å². The number of sulfonamides is 1. The average Bonchev–Trinajstić information content (AvgIpc) is 3.49. The quantitative estimate of drug-likeness (QED) is 0.557. The fraction of sp³-hybridized carbons (Fsp3) is 0.450. The molecule has 8 nitrogen and oxygen atoms in total.